The van der Waals surface area contributed by atoms with Crippen molar-refractivity contribution in [3.8, 4) is 5.75 Å². The fourth-order valence-electron chi connectivity index (χ4n) is 5.72. The molecule has 1 aromatic heterocycles. The fourth-order valence-corrected chi connectivity index (χ4v) is 5.72. The number of likely N-dealkylation sites (N-methyl/N-ethyl adjacent to an activating group) is 1. The minimum Gasteiger partial charge on any atom is -0.497 e. The Morgan fingerprint density at radius 1 is 1.15 bits per heavy atom. The van der Waals surface area contributed by atoms with Crippen molar-refractivity contribution in [3.05, 3.63) is 59.9 Å². The third-order valence-corrected chi connectivity index (χ3v) is 7.65. The van der Waals surface area contributed by atoms with Crippen LogP contribution in [0.3, 0.4) is 0 Å². The Morgan fingerprint density at radius 2 is 1.97 bits per heavy atom. The maximum Gasteiger partial charge on any atom is 0.226 e. The summed E-state index contributed by atoms with van der Waals surface area (Å²) in [6, 6.07) is 14.9. The van der Waals surface area contributed by atoms with E-state index in [0.29, 0.717) is 17.9 Å². The Morgan fingerprint density at radius 3 is 2.68 bits per heavy atom. The summed E-state index contributed by atoms with van der Waals surface area (Å²) in [5.74, 6) is 1.99. The highest BCUT2D eigenvalue weighted by molar-refractivity contribution is 5.79. The van der Waals surface area contributed by atoms with Gasteiger partial charge in [0.1, 0.15) is 5.75 Å². The van der Waals surface area contributed by atoms with E-state index < -0.39 is 0 Å². The number of carbonyl (C=O) groups is 1. The molecule has 6 nitrogen and oxygen atoms in total. The van der Waals surface area contributed by atoms with E-state index in [9.17, 15) is 4.79 Å². The molecule has 184 valence electrons. The van der Waals surface area contributed by atoms with Crippen molar-refractivity contribution in [2.75, 3.05) is 47.4 Å². The lowest BCUT2D eigenvalue weighted by atomic mass is 9.84. The number of likely N-dealkylation sites (tertiary alicyclic amines) is 2. The zero-order valence-corrected chi connectivity index (χ0v) is 21.0. The summed E-state index contributed by atoms with van der Waals surface area (Å²) in [4.78, 5) is 24.6. The first-order valence-corrected chi connectivity index (χ1v) is 12.7. The Hall–Kier alpha value is -2.44. The minimum absolute atomic E-state index is 0.176. The lowest BCUT2D eigenvalue weighted by Gasteiger charge is -2.41. The number of amides is 1. The fraction of sp³-hybridized carbons (Fsp3) is 0.571. The van der Waals surface area contributed by atoms with Crippen LogP contribution in [0.15, 0.2) is 48.7 Å². The molecule has 2 aliphatic rings. The first-order valence-electron chi connectivity index (χ1n) is 12.7. The van der Waals surface area contributed by atoms with Crippen LogP contribution in [0.25, 0.3) is 0 Å². The van der Waals surface area contributed by atoms with Crippen molar-refractivity contribution in [1.29, 1.82) is 0 Å². The molecule has 2 atom stereocenters. The average Bonchev–Trinajstić information content (AvgIpc) is 2.87. The molecule has 1 amide bonds. The number of nitrogens with zero attached hydrogens (tertiary/aromatic N) is 4. The summed E-state index contributed by atoms with van der Waals surface area (Å²) in [6.07, 6.45) is 7.10. The van der Waals surface area contributed by atoms with Crippen LogP contribution in [0, 0.1) is 11.8 Å². The number of rotatable bonds is 8. The van der Waals surface area contributed by atoms with E-state index in [1.54, 1.807) is 7.11 Å². The van der Waals surface area contributed by atoms with Gasteiger partial charge in [0.2, 0.25) is 5.91 Å². The lowest BCUT2D eigenvalue weighted by Crippen LogP contribution is -2.49. The molecule has 0 saturated carbocycles. The molecule has 34 heavy (non-hydrogen) atoms. The summed E-state index contributed by atoms with van der Waals surface area (Å²) in [5, 5.41) is 0. The summed E-state index contributed by atoms with van der Waals surface area (Å²) in [5.41, 5.74) is 2.38. The van der Waals surface area contributed by atoms with Gasteiger partial charge in [-0.15, -0.1) is 0 Å². The van der Waals surface area contributed by atoms with E-state index in [2.05, 4.69) is 64.1 Å². The van der Waals surface area contributed by atoms with Crippen LogP contribution >= 0.6 is 0 Å². The molecule has 2 saturated heterocycles. The van der Waals surface area contributed by atoms with Crippen LogP contribution in [0.5, 0.6) is 5.75 Å². The Kier molecular flexibility index (Phi) is 8.57. The van der Waals surface area contributed by atoms with Crippen molar-refractivity contribution in [2.24, 2.45) is 11.8 Å². The second-order valence-corrected chi connectivity index (χ2v) is 10.1. The summed E-state index contributed by atoms with van der Waals surface area (Å²) in [7, 11) is 6.07. The van der Waals surface area contributed by atoms with Crippen molar-refractivity contribution in [1.82, 2.24) is 19.7 Å². The van der Waals surface area contributed by atoms with Crippen molar-refractivity contribution in [3.63, 3.8) is 0 Å². The van der Waals surface area contributed by atoms with E-state index in [0.717, 1.165) is 76.3 Å². The molecule has 4 rings (SSSR count). The Bertz CT molecular complexity index is 914. The first kappa shape index (κ1) is 24.7. The van der Waals surface area contributed by atoms with Crippen molar-refractivity contribution >= 4 is 5.91 Å². The number of aromatic nitrogens is 1. The van der Waals surface area contributed by atoms with Crippen molar-refractivity contribution < 1.29 is 9.53 Å². The number of piperidine rings is 2. The molecule has 0 aliphatic carbocycles. The molecule has 0 spiro atoms. The smallest absolute Gasteiger partial charge is 0.226 e. The Labute approximate surface area is 204 Å². The number of ether oxygens (including phenoxy) is 1. The van der Waals surface area contributed by atoms with Crippen LogP contribution in [0.2, 0.25) is 0 Å². The predicted octanol–water partition coefficient (Wildman–Crippen LogP) is 3.71. The summed E-state index contributed by atoms with van der Waals surface area (Å²) >= 11 is 0. The zero-order valence-electron chi connectivity index (χ0n) is 21.0. The van der Waals surface area contributed by atoms with Gasteiger partial charge in [0.05, 0.1) is 18.7 Å². The SMILES string of the molecule is COc1cccc(CC(C2CCN(C(=O)C3CCCN(C)C3)CC2)N(C)Cc2ccccn2)c1. The number of hydrogen-bond acceptors (Lipinski definition) is 5. The molecule has 2 unspecified atom stereocenters. The van der Waals surface area contributed by atoms with Crippen molar-refractivity contribution in [2.45, 2.75) is 44.7 Å². The number of hydrogen-bond donors (Lipinski definition) is 0. The standard InChI is InChI=1S/C28H40N4O2/c1-30-15-7-9-24(20-30)28(33)32-16-12-23(13-17-32)27(19-22-8-6-11-26(18-22)34-3)31(2)21-25-10-4-5-14-29-25/h4-6,8,10-11,14,18,23-24,27H,7,9,12-13,15-17,19-21H2,1-3H3. The van der Waals surface area contributed by atoms with E-state index >= 15 is 0 Å². The van der Waals surface area contributed by atoms with E-state index in [1.807, 2.05) is 18.3 Å². The lowest BCUT2D eigenvalue weighted by molar-refractivity contribution is -0.139. The van der Waals surface area contributed by atoms with Crippen LogP contribution in [-0.4, -0.2) is 79.0 Å². The van der Waals surface area contributed by atoms with Crippen LogP contribution < -0.4 is 4.74 Å². The number of benzene rings is 1. The molecule has 2 fully saturated rings. The van der Waals surface area contributed by atoms with Gasteiger partial charge in [-0.05, 0) is 88.5 Å². The quantitative estimate of drug-likeness (QED) is 0.596. The normalized spacial score (nSPS) is 20.9. The first-order chi connectivity index (χ1) is 16.5. The average molecular weight is 465 g/mol. The van der Waals surface area contributed by atoms with Gasteiger partial charge in [-0.25, -0.2) is 0 Å². The van der Waals surface area contributed by atoms with Gasteiger partial charge in [0.25, 0.3) is 0 Å². The van der Waals surface area contributed by atoms with Crippen LogP contribution in [0.4, 0.5) is 0 Å². The second kappa shape index (κ2) is 11.8. The number of carbonyl (C=O) groups excluding carboxylic acids is 1. The monoisotopic (exact) mass is 464 g/mol. The predicted molar refractivity (Wildman–Crippen MR) is 136 cm³/mol. The highest BCUT2D eigenvalue weighted by atomic mass is 16.5. The molecule has 1 aromatic carbocycles. The third-order valence-electron chi connectivity index (χ3n) is 7.65. The van der Waals surface area contributed by atoms with Gasteiger partial charge in [-0.3, -0.25) is 14.7 Å². The van der Waals surface area contributed by atoms with Crippen LogP contribution in [0.1, 0.15) is 36.9 Å². The van der Waals surface area contributed by atoms with Gasteiger partial charge in [0, 0.05) is 38.4 Å². The maximum absolute atomic E-state index is 13.2. The number of methoxy groups -OCH3 is 1. The Balaban J connectivity index is 1.43. The second-order valence-electron chi connectivity index (χ2n) is 10.1. The van der Waals surface area contributed by atoms with Gasteiger partial charge in [0.15, 0.2) is 0 Å². The van der Waals surface area contributed by atoms with Gasteiger partial charge >= 0.3 is 0 Å². The summed E-state index contributed by atoms with van der Waals surface area (Å²) < 4.78 is 5.47. The maximum atomic E-state index is 13.2. The molecule has 0 bridgehead atoms. The molecular weight excluding hydrogens is 424 g/mol. The topological polar surface area (TPSA) is 48.9 Å². The molecular formula is C28H40N4O2. The van der Waals surface area contributed by atoms with Gasteiger partial charge in [-0.1, -0.05) is 18.2 Å². The van der Waals surface area contributed by atoms with E-state index in [1.165, 1.54) is 5.56 Å². The van der Waals surface area contributed by atoms with Gasteiger partial charge < -0.3 is 14.5 Å². The highest BCUT2D eigenvalue weighted by Gasteiger charge is 2.34. The molecule has 3 heterocycles. The summed E-state index contributed by atoms with van der Waals surface area (Å²) in [6.45, 7) is 4.58. The van der Waals surface area contributed by atoms with E-state index in [4.69, 9.17) is 4.74 Å². The van der Waals surface area contributed by atoms with Gasteiger partial charge in [-0.2, -0.15) is 0 Å². The molecule has 0 radical (unpaired) electrons. The molecule has 2 aliphatic heterocycles. The third kappa shape index (κ3) is 6.36. The number of pyridine rings is 1. The molecule has 6 heteroatoms. The van der Waals surface area contributed by atoms with E-state index in [-0.39, 0.29) is 5.92 Å². The van der Waals surface area contributed by atoms with Crippen LogP contribution in [-0.2, 0) is 17.8 Å². The molecule has 2 aromatic rings. The highest BCUT2D eigenvalue weighted by Crippen LogP contribution is 2.29. The minimum atomic E-state index is 0.176. The zero-order chi connectivity index (χ0) is 23.9. The largest absolute Gasteiger partial charge is 0.497 e. The molecule has 0 N–H and O–H groups in total.